The SMILES string of the molecule is CC1CC1NS(=O)(=O)c1cc(C(=O)O)c(Cl)cc1Cl. The van der Waals surface area contributed by atoms with Gasteiger partial charge in [0, 0.05) is 6.04 Å². The van der Waals surface area contributed by atoms with Crippen LogP contribution in [0.1, 0.15) is 23.7 Å². The maximum absolute atomic E-state index is 12.1. The molecule has 2 atom stereocenters. The third-order valence-electron chi connectivity index (χ3n) is 2.96. The van der Waals surface area contributed by atoms with Crippen LogP contribution in [0.3, 0.4) is 0 Å². The van der Waals surface area contributed by atoms with E-state index in [0.29, 0.717) is 0 Å². The smallest absolute Gasteiger partial charge is 0.337 e. The minimum atomic E-state index is -3.84. The van der Waals surface area contributed by atoms with E-state index in [4.69, 9.17) is 28.3 Å². The summed E-state index contributed by atoms with van der Waals surface area (Å²) >= 11 is 11.5. The molecule has 1 aromatic rings. The predicted octanol–water partition coefficient (Wildman–Crippen LogP) is 2.38. The van der Waals surface area contributed by atoms with Gasteiger partial charge in [0.1, 0.15) is 4.90 Å². The second-order valence-electron chi connectivity index (χ2n) is 4.51. The lowest BCUT2D eigenvalue weighted by Gasteiger charge is -2.09. The molecule has 2 unspecified atom stereocenters. The molecular weight excluding hydrogens is 313 g/mol. The van der Waals surface area contributed by atoms with Crippen molar-refractivity contribution in [3.8, 4) is 0 Å². The minimum absolute atomic E-state index is 0.101. The normalized spacial score (nSPS) is 22.3. The van der Waals surface area contributed by atoms with Crippen LogP contribution in [-0.2, 0) is 10.0 Å². The number of carboxylic acid groups (broad SMARTS) is 1. The summed E-state index contributed by atoms with van der Waals surface area (Å²) in [6.45, 7) is 1.92. The molecule has 1 fully saturated rings. The summed E-state index contributed by atoms with van der Waals surface area (Å²) in [4.78, 5) is 10.7. The summed E-state index contributed by atoms with van der Waals surface area (Å²) in [7, 11) is -3.84. The summed E-state index contributed by atoms with van der Waals surface area (Å²) in [5.74, 6) is -1.03. The van der Waals surface area contributed by atoms with Gasteiger partial charge in [-0.3, -0.25) is 0 Å². The Balaban J connectivity index is 2.43. The van der Waals surface area contributed by atoms with Gasteiger partial charge in [0.05, 0.1) is 15.6 Å². The van der Waals surface area contributed by atoms with E-state index in [2.05, 4.69) is 4.72 Å². The largest absolute Gasteiger partial charge is 0.478 e. The zero-order valence-electron chi connectivity index (χ0n) is 9.85. The summed E-state index contributed by atoms with van der Waals surface area (Å²) in [6.07, 6.45) is 0.760. The first-order valence-corrected chi connectivity index (χ1v) is 7.71. The minimum Gasteiger partial charge on any atom is -0.478 e. The third-order valence-corrected chi connectivity index (χ3v) is 5.22. The lowest BCUT2D eigenvalue weighted by molar-refractivity contribution is 0.0697. The molecule has 5 nitrogen and oxygen atoms in total. The first-order chi connectivity index (χ1) is 8.72. The highest BCUT2D eigenvalue weighted by atomic mass is 35.5. The summed E-state index contributed by atoms with van der Waals surface area (Å²) in [5.41, 5.74) is -0.296. The predicted molar refractivity (Wildman–Crippen MR) is 71.3 cm³/mol. The highest BCUT2D eigenvalue weighted by molar-refractivity contribution is 7.89. The quantitative estimate of drug-likeness (QED) is 0.891. The van der Waals surface area contributed by atoms with Crippen molar-refractivity contribution in [2.45, 2.75) is 24.3 Å². The van der Waals surface area contributed by atoms with E-state index in [1.165, 1.54) is 0 Å². The number of sulfonamides is 1. The Kier molecular flexibility index (Phi) is 3.79. The van der Waals surface area contributed by atoms with E-state index >= 15 is 0 Å². The van der Waals surface area contributed by atoms with Crippen molar-refractivity contribution in [1.82, 2.24) is 4.72 Å². The fourth-order valence-electron chi connectivity index (χ4n) is 1.65. The summed E-state index contributed by atoms with van der Waals surface area (Å²) < 4.78 is 26.7. The van der Waals surface area contributed by atoms with E-state index in [1.807, 2.05) is 6.92 Å². The van der Waals surface area contributed by atoms with E-state index < -0.39 is 16.0 Å². The van der Waals surface area contributed by atoms with E-state index in [0.717, 1.165) is 18.6 Å². The summed E-state index contributed by atoms with van der Waals surface area (Å²) in [5, 5.41) is 8.74. The first-order valence-electron chi connectivity index (χ1n) is 5.47. The number of hydrogen-bond donors (Lipinski definition) is 2. The number of nitrogens with one attached hydrogen (secondary N) is 1. The monoisotopic (exact) mass is 323 g/mol. The zero-order valence-corrected chi connectivity index (χ0v) is 12.2. The molecule has 1 aromatic carbocycles. The van der Waals surface area contributed by atoms with Crippen LogP contribution in [0.4, 0.5) is 0 Å². The molecule has 0 spiro atoms. The van der Waals surface area contributed by atoms with Crippen LogP contribution in [0, 0.1) is 5.92 Å². The number of benzene rings is 1. The van der Waals surface area contributed by atoms with Crippen LogP contribution < -0.4 is 4.72 Å². The van der Waals surface area contributed by atoms with Crippen LogP contribution in [0.5, 0.6) is 0 Å². The molecule has 1 aliphatic carbocycles. The molecule has 19 heavy (non-hydrogen) atoms. The Bertz CT molecular complexity index is 644. The molecule has 0 heterocycles. The highest BCUT2D eigenvalue weighted by Gasteiger charge is 2.37. The van der Waals surface area contributed by atoms with Crippen LogP contribution in [0.25, 0.3) is 0 Å². The van der Waals surface area contributed by atoms with Crippen LogP contribution >= 0.6 is 23.2 Å². The van der Waals surface area contributed by atoms with Gasteiger partial charge in [0.25, 0.3) is 0 Å². The third kappa shape index (κ3) is 3.02. The first kappa shape index (κ1) is 14.6. The van der Waals surface area contributed by atoms with Crippen molar-refractivity contribution in [2.24, 2.45) is 5.92 Å². The highest BCUT2D eigenvalue weighted by Crippen LogP contribution is 2.33. The van der Waals surface area contributed by atoms with Crippen molar-refractivity contribution in [3.63, 3.8) is 0 Å². The number of carboxylic acids is 1. The molecule has 1 saturated carbocycles. The topological polar surface area (TPSA) is 83.5 Å². The van der Waals surface area contributed by atoms with Crippen molar-refractivity contribution < 1.29 is 18.3 Å². The number of aromatic carboxylic acids is 1. The molecule has 2 rings (SSSR count). The maximum atomic E-state index is 12.1. The van der Waals surface area contributed by atoms with Gasteiger partial charge in [0.2, 0.25) is 10.0 Å². The zero-order chi connectivity index (χ0) is 14.4. The molecule has 0 saturated heterocycles. The van der Waals surface area contributed by atoms with Crippen LogP contribution in [0.15, 0.2) is 17.0 Å². The Morgan fingerprint density at radius 1 is 1.37 bits per heavy atom. The van der Waals surface area contributed by atoms with Gasteiger partial charge >= 0.3 is 5.97 Å². The van der Waals surface area contributed by atoms with Gasteiger partial charge in [-0.15, -0.1) is 0 Å². The van der Waals surface area contributed by atoms with Crippen molar-refractivity contribution in [2.75, 3.05) is 0 Å². The van der Waals surface area contributed by atoms with Crippen LogP contribution in [0.2, 0.25) is 10.0 Å². The van der Waals surface area contributed by atoms with E-state index in [-0.39, 0.29) is 32.5 Å². The number of halogens is 2. The number of hydrogen-bond acceptors (Lipinski definition) is 3. The fraction of sp³-hybridized carbons (Fsp3) is 0.364. The van der Waals surface area contributed by atoms with Gasteiger partial charge in [-0.1, -0.05) is 30.1 Å². The molecule has 0 aromatic heterocycles. The molecular formula is C11H11Cl2NO4S. The second-order valence-corrected chi connectivity index (χ2v) is 7.01. The number of carbonyl (C=O) groups is 1. The van der Waals surface area contributed by atoms with Crippen molar-refractivity contribution >= 4 is 39.2 Å². The molecule has 2 N–H and O–H groups in total. The standard InChI is InChI=1S/C11H11Cl2NO4S/c1-5-2-9(5)14-19(17,18)10-3-6(11(15)16)7(12)4-8(10)13/h3-5,9,14H,2H2,1H3,(H,15,16). The van der Waals surface area contributed by atoms with Crippen LogP contribution in [-0.4, -0.2) is 25.5 Å². The Morgan fingerprint density at radius 3 is 2.42 bits per heavy atom. The average Bonchev–Trinajstić information content (AvgIpc) is 2.91. The van der Waals surface area contributed by atoms with Gasteiger partial charge < -0.3 is 5.11 Å². The maximum Gasteiger partial charge on any atom is 0.337 e. The number of rotatable bonds is 4. The molecule has 0 amide bonds. The molecule has 0 bridgehead atoms. The summed E-state index contributed by atoms with van der Waals surface area (Å²) in [6, 6.07) is 1.98. The molecule has 0 radical (unpaired) electrons. The average molecular weight is 324 g/mol. The second kappa shape index (κ2) is 4.94. The van der Waals surface area contributed by atoms with Gasteiger partial charge in [0.15, 0.2) is 0 Å². The lowest BCUT2D eigenvalue weighted by Crippen LogP contribution is -2.27. The molecule has 104 valence electrons. The van der Waals surface area contributed by atoms with E-state index in [9.17, 15) is 13.2 Å². The van der Waals surface area contributed by atoms with Crippen molar-refractivity contribution in [3.05, 3.63) is 27.7 Å². The van der Waals surface area contributed by atoms with Crippen molar-refractivity contribution in [1.29, 1.82) is 0 Å². The Morgan fingerprint density at radius 2 is 1.95 bits per heavy atom. The molecule has 1 aliphatic rings. The Hall–Kier alpha value is -0.820. The Labute approximate surface area is 120 Å². The lowest BCUT2D eigenvalue weighted by atomic mass is 10.2. The fourth-order valence-corrected chi connectivity index (χ4v) is 3.86. The van der Waals surface area contributed by atoms with Gasteiger partial charge in [-0.2, -0.15) is 0 Å². The van der Waals surface area contributed by atoms with E-state index in [1.54, 1.807) is 0 Å². The molecule has 8 heteroatoms. The van der Waals surface area contributed by atoms with Gasteiger partial charge in [-0.05, 0) is 24.5 Å². The van der Waals surface area contributed by atoms with Gasteiger partial charge in [-0.25, -0.2) is 17.9 Å². The molecule has 0 aliphatic heterocycles.